The minimum atomic E-state index is -0.260. The van der Waals surface area contributed by atoms with Crippen LogP contribution in [0.1, 0.15) is 31.0 Å². The number of hydrogen-bond donors (Lipinski definition) is 1. The van der Waals surface area contributed by atoms with E-state index < -0.39 is 0 Å². The van der Waals surface area contributed by atoms with Gasteiger partial charge >= 0.3 is 6.09 Å². The van der Waals surface area contributed by atoms with Gasteiger partial charge in [0.25, 0.3) is 0 Å². The predicted octanol–water partition coefficient (Wildman–Crippen LogP) is 1.69. The zero-order chi connectivity index (χ0) is 15.2. The van der Waals surface area contributed by atoms with Gasteiger partial charge in [-0.25, -0.2) is 4.79 Å². The molecule has 7 nitrogen and oxygen atoms in total. The van der Waals surface area contributed by atoms with Crippen molar-refractivity contribution in [3.8, 4) is 6.07 Å². The van der Waals surface area contributed by atoms with Crippen LogP contribution in [0, 0.1) is 18.3 Å². The van der Waals surface area contributed by atoms with E-state index in [0.29, 0.717) is 36.8 Å². The number of nitriles is 1. The van der Waals surface area contributed by atoms with E-state index in [1.807, 2.05) is 0 Å². The zero-order valence-corrected chi connectivity index (χ0v) is 12.3. The molecule has 112 valence electrons. The molecule has 1 amide bonds. The highest BCUT2D eigenvalue weighted by Crippen LogP contribution is 2.18. The molecule has 1 fully saturated rings. The number of anilines is 1. The average Bonchev–Trinajstić information content (AvgIpc) is 2.50. The lowest BCUT2D eigenvalue weighted by Crippen LogP contribution is -2.42. The van der Waals surface area contributed by atoms with Gasteiger partial charge in [-0.3, -0.25) is 0 Å². The highest BCUT2D eigenvalue weighted by molar-refractivity contribution is 5.67. The first-order valence-electron chi connectivity index (χ1n) is 7.06. The lowest BCUT2D eigenvalue weighted by atomic mass is 10.1. The fourth-order valence-corrected chi connectivity index (χ4v) is 2.30. The minimum Gasteiger partial charge on any atom is -0.450 e. The number of rotatable bonds is 3. The Kier molecular flexibility index (Phi) is 4.93. The third kappa shape index (κ3) is 3.81. The molecule has 0 bridgehead atoms. The Morgan fingerprint density at radius 1 is 1.52 bits per heavy atom. The number of aryl methyl sites for hydroxylation is 1. The molecule has 1 saturated heterocycles. The summed E-state index contributed by atoms with van der Waals surface area (Å²) in [5.74, 6) is 0.512. The van der Waals surface area contributed by atoms with Crippen LogP contribution in [-0.2, 0) is 4.74 Å². The van der Waals surface area contributed by atoms with Gasteiger partial charge in [-0.15, -0.1) is 5.10 Å². The van der Waals surface area contributed by atoms with Crippen LogP contribution in [0.25, 0.3) is 0 Å². The number of aromatic nitrogens is 2. The van der Waals surface area contributed by atoms with Crippen LogP contribution in [0.4, 0.5) is 10.6 Å². The Bertz CT molecular complexity index is 547. The van der Waals surface area contributed by atoms with Crippen molar-refractivity contribution in [1.29, 1.82) is 5.26 Å². The predicted molar refractivity (Wildman–Crippen MR) is 76.7 cm³/mol. The van der Waals surface area contributed by atoms with E-state index in [0.717, 1.165) is 12.8 Å². The Balaban J connectivity index is 1.92. The van der Waals surface area contributed by atoms with Crippen molar-refractivity contribution in [3.63, 3.8) is 0 Å². The summed E-state index contributed by atoms with van der Waals surface area (Å²) in [7, 11) is 0. The first kappa shape index (κ1) is 15.0. The normalized spacial score (nSPS) is 15.4. The molecule has 0 radical (unpaired) electrons. The number of nitrogens with one attached hydrogen (secondary N) is 1. The molecule has 1 aliphatic heterocycles. The number of carbonyl (C=O) groups excluding carboxylic acids is 1. The summed E-state index contributed by atoms with van der Waals surface area (Å²) in [5, 5.41) is 20.4. The van der Waals surface area contributed by atoms with Crippen molar-refractivity contribution in [2.45, 2.75) is 32.7 Å². The van der Waals surface area contributed by atoms with E-state index in [1.165, 1.54) is 0 Å². The van der Waals surface area contributed by atoms with Crippen LogP contribution in [-0.4, -0.2) is 46.9 Å². The average molecular weight is 289 g/mol. The molecule has 0 spiro atoms. The third-order valence-electron chi connectivity index (χ3n) is 3.40. The van der Waals surface area contributed by atoms with Crippen molar-refractivity contribution in [1.82, 2.24) is 15.1 Å². The second-order valence-electron chi connectivity index (χ2n) is 4.96. The molecule has 0 aliphatic carbocycles. The fraction of sp³-hybridized carbons (Fsp3) is 0.571. The van der Waals surface area contributed by atoms with E-state index in [9.17, 15) is 4.79 Å². The molecule has 0 aromatic carbocycles. The Labute approximate surface area is 123 Å². The summed E-state index contributed by atoms with van der Waals surface area (Å²) >= 11 is 0. The third-order valence-corrected chi connectivity index (χ3v) is 3.40. The van der Waals surface area contributed by atoms with Crippen molar-refractivity contribution >= 4 is 11.9 Å². The van der Waals surface area contributed by atoms with Crippen LogP contribution in [0.3, 0.4) is 0 Å². The summed E-state index contributed by atoms with van der Waals surface area (Å²) in [6, 6.07) is 4.01. The summed E-state index contributed by atoms with van der Waals surface area (Å²) in [4.78, 5) is 13.3. The summed E-state index contributed by atoms with van der Waals surface area (Å²) in [6.07, 6.45) is 1.32. The summed E-state index contributed by atoms with van der Waals surface area (Å²) in [6.45, 7) is 5.26. The maximum atomic E-state index is 11.6. The minimum absolute atomic E-state index is 0.180. The molecule has 1 aromatic rings. The van der Waals surface area contributed by atoms with Crippen LogP contribution < -0.4 is 5.32 Å². The molecular formula is C14H19N5O2. The van der Waals surface area contributed by atoms with Crippen LogP contribution in [0.2, 0.25) is 0 Å². The number of hydrogen-bond acceptors (Lipinski definition) is 6. The zero-order valence-electron chi connectivity index (χ0n) is 12.3. The maximum absolute atomic E-state index is 11.6. The SMILES string of the molecule is CCOC(=O)N1CCC(Nc2nnc(C)cc2C#N)CC1. The van der Waals surface area contributed by atoms with E-state index in [1.54, 1.807) is 24.8 Å². The van der Waals surface area contributed by atoms with Gasteiger partial charge in [-0.1, -0.05) is 0 Å². The van der Waals surface area contributed by atoms with Crippen LogP contribution in [0.15, 0.2) is 6.07 Å². The van der Waals surface area contributed by atoms with E-state index in [4.69, 9.17) is 10.00 Å². The van der Waals surface area contributed by atoms with Gasteiger partial charge in [0.1, 0.15) is 6.07 Å². The first-order chi connectivity index (χ1) is 10.1. The second-order valence-corrected chi connectivity index (χ2v) is 4.96. The van der Waals surface area contributed by atoms with Crippen LogP contribution in [0.5, 0.6) is 0 Å². The molecule has 2 heterocycles. The maximum Gasteiger partial charge on any atom is 0.409 e. The monoisotopic (exact) mass is 289 g/mol. The van der Waals surface area contributed by atoms with Gasteiger partial charge < -0.3 is 15.0 Å². The highest BCUT2D eigenvalue weighted by atomic mass is 16.6. The lowest BCUT2D eigenvalue weighted by molar-refractivity contribution is 0.0983. The van der Waals surface area contributed by atoms with E-state index in [-0.39, 0.29) is 12.1 Å². The van der Waals surface area contributed by atoms with Gasteiger partial charge in [0.2, 0.25) is 0 Å². The number of piperidine rings is 1. The molecule has 0 atom stereocenters. The van der Waals surface area contributed by atoms with E-state index >= 15 is 0 Å². The Morgan fingerprint density at radius 3 is 2.86 bits per heavy atom. The molecule has 1 N–H and O–H groups in total. The molecule has 1 aliphatic rings. The standard InChI is InChI=1S/C14H19N5O2/c1-3-21-14(20)19-6-4-12(5-7-19)16-13-11(9-15)8-10(2)17-18-13/h8,12H,3-7H2,1-2H3,(H,16,18). The highest BCUT2D eigenvalue weighted by Gasteiger charge is 2.24. The van der Waals surface area contributed by atoms with Gasteiger partial charge in [0.05, 0.1) is 17.9 Å². The Hall–Kier alpha value is -2.36. The molecule has 7 heteroatoms. The largest absolute Gasteiger partial charge is 0.450 e. The van der Waals surface area contributed by atoms with Gasteiger partial charge in [0.15, 0.2) is 5.82 Å². The van der Waals surface area contributed by atoms with Crippen molar-refractivity contribution in [3.05, 3.63) is 17.3 Å². The van der Waals surface area contributed by atoms with Gasteiger partial charge in [-0.2, -0.15) is 10.4 Å². The van der Waals surface area contributed by atoms with Crippen molar-refractivity contribution < 1.29 is 9.53 Å². The van der Waals surface area contributed by atoms with Crippen molar-refractivity contribution in [2.24, 2.45) is 0 Å². The number of amides is 1. The fourth-order valence-electron chi connectivity index (χ4n) is 2.30. The molecule has 1 aromatic heterocycles. The molecular weight excluding hydrogens is 270 g/mol. The van der Waals surface area contributed by atoms with Gasteiger partial charge in [0, 0.05) is 19.1 Å². The van der Waals surface area contributed by atoms with E-state index in [2.05, 4.69) is 21.6 Å². The quantitative estimate of drug-likeness (QED) is 0.910. The summed E-state index contributed by atoms with van der Waals surface area (Å²) in [5.41, 5.74) is 1.21. The topological polar surface area (TPSA) is 91.1 Å². The molecule has 0 saturated carbocycles. The summed E-state index contributed by atoms with van der Waals surface area (Å²) < 4.78 is 4.99. The lowest BCUT2D eigenvalue weighted by Gasteiger charge is -2.31. The second kappa shape index (κ2) is 6.88. The smallest absolute Gasteiger partial charge is 0.409 e. The number of ether oxygens (including phenoxy) is 1. The molecule has 21 heavy (non-hydrogen) atoms. The molecule has 0 unspecified atom stereocenters. The number of carbonyl (C=O) groups is 1. The number of likely N-dealkylation sites (tertiary alicyclic amines) is 1. The number of nitrogens with zero attached hydrogens (tertiary/aromatic N) is 4. The van der Waals surface area contributed by atoms with Crippen molar-refractivity contribution in [2.75, 3.05) is 25.0 Å². The Morgan fingerprint density at radius 2 is 2.24 bits per heavy atom. The first-order valence-corrected chi connectivity index (χ1v) is 7.06. The van der Waals surface area contributed by atoms with Gasteiger partial charge in [-0.05, 0) is 32.8 Å². The van der Waals surface area contributed by atoms with Crippen LogP contribution >= 0.6 is 0 Å². The molecule has 2 rings (SSSR count).